The topological polar surface area (TPSA) is 84.2 Å². The minimum Gasteiger partial charge on any atom is -0.481 e. The maximum atomic E-state index is 12.1. The monoisotopic (exact) mass is 369 g/mol. The number of aromatic nitrogens is 2. The molecule has 0 aliphatic heterocycles. The molecule has 2 rings (SSSR count). The lowest BCUT2D eigenvalue weighted by Gasteiger charge is -2.04. The van der Waals surface area contributed by atoms with Crippen LogP contribution in [-0.4, -0.2) is 33.3 Å². The summed E-state index contributed by atoms with van der Waals surface area (Å²) in [6, 6.07) is 5.03. The minimum absolute atomic E-state index is 0.155. The van der Waals surface area contributed by atoms with E-state index in [1.165, 1.54) is 10.9 Å². The molecule has 0 unspecified atom stereocenters. The Hall–Kier alpha value is -2.05. The molecular weight excluding hydrogens is 353 g/mol. The third-order valence-corrected chi connectivity index (χ3v) is 3.89. The second kappa shape index (κ2) is 8.70. The zero-order valence-electron chi connectivity index (χ0n) is 12.8. The minimum atomic E-state index is -0.799. The molecule has 0 aliphatic carbocycles. The van der Waals surface area contributed by atoms with Crippen molar-refractivity contribution >= 4 is 35.1 Å². The molecule has 0 aliphatic rings. The first-order chi connectivity index (χ1) is 11.5. The number of carbonyl (C=O) groups is 2. The summed E-state index contributed by atoms with van der Waals surface area (Å²) < 4.78 is 1.51. The average Bonchev–Trinajstić information content (AvgIpc) is 3.00. The van der Waals surface area contributed by atoms with E-state index in [4.69, 9.17) is 28.3 Å². The Bertz CT molecular complexity index is 731. The Morgan fingerprint density at radius 1 is 1.21 bits per heavy atom. The summed E-state index contributed by atoms with van der Waals surface area (Å²) in [6.07, 6.45) is 5.31. The molecule has 0 saturated heterocycles. The molecule has 0 bridgehead atoms. The highest BCUT2D eigenvalue weighted by Crippen LogP contribution is 2.24. The molecule has 0 radical (unpaired) electrons. The molecule has 1 heterocycles. The fourth-order valence-electron chi connectivity index (χ4n) is 2.12. The Kier molecular flexibility index (Phi) is 6.63. The number of nitrogens with zero attached hydrogens (tertiary/aromatic N) is 2. The highest BCUT2D eigenvalue weighted by Gasteiger charge is 2.11. The predicted molar refractivity (Wildman–Crippen MR) is 92.0 cm³/mol. The van der Waals surface area contributed by atoms with Gasteiger partial charge in [0.05, 0.1) is 22.5 Å². The zero-order chi connectivity index (χ0) is 17.5. The van der Waals surface area contributed by atoms with E-state index in [0.29, 0.717) is 34.3 Å². The van der Waals surface area contributed by atoms with Crippen molar-refractivity contribution in [3.63, 3.8) is 0 Å². The number of carboxylic acids is 1. The lowest BCUT2D eigenvalue weighted by atomic mass is 10.2. The van der Waals surface area contributed by atoms with E-state index in [-0.39, 0.29) is 12.3 Å². The number of hydrogen-bond donors (Lipinski definition) is 2. The van der Waals surface area contributed by atoms with E-state index in [1.54, 1.807) is 24.4 Å². The van der Waals surface area contributed by atoms with Crippen LogP contribution in [0.25, 0.3) is 5.69 Å². The molecule has 0 spiro atoms. The van der Waals surface area contributed by atoms with E-state index >= 15 is 0 Å². The Morgan fingerprint density at radius 2 is 2.00 bits per heavy atom. The van der Waals surface area contributed by atoms with Crippen LogP contribution in [-0.2, 0) is 4.79 Å². The van der Waals surface area contributed by atoms with Gasteiger partial charge in [-0.15, -0.1) is 0 Å². The van der Waals surface area contributed by atoms with Crippen LogP contribution in [0.1, 0.15) is 36.0 Å². The van der Waals surface area contributed by atoms with Gasteiger partial charge in [-0.25, -0.2) is 4.68 Å². The molecule has 128 valence electrons. The van der Waals surface area contributed by atoms with Crippen molar-refractivity contribution in [2.45, 2.75) is 25.7 Å². The molecular formula is C16H17Cl2N3O3. The summed E-state index contributed by atoms with van der Waals surface area (Å²) in [5.41, 5.74) is 1.06. The van der Waals surface area contributed by atoms with Gasteiger partial charge in [-0.1, -0.05) is 29.6 Å². The van der Waals surface area contributed by atoms with Crippen LogP contribution < -0.4 is 5.32 Å². The Morgan fingerprint density at radius 3 is 2.71 bits per heavy atom. The highest BCUT2D eigenvalue weighted by atomic mass is 35.5. The first kappa shape index (κ1) is 18.3. The summed E-state index contributed by atoms with van der Waals surface area (Å²) in [4.78, 5) is 22.4. The average molecular weight is 370 g/mol. The maximum absolute atomic E-state index is 12.1. The van der Waals surface area contributed by atoms with E-state index in [9.17, 15) is 9.59 Å². The maximum Gasteiger partial charge on any atom is 0.303 e. The van der Waals surface area contributed by atoms with E-state index < -0.39 is 5.97 Å². The van der Waals surface area contributed by atoms with Crippen molar-refractivity contribution in [1.29, 1.82) is 0 Å². The van der Waals surface area contributed by atoms with E-state index in [2.05, 4.69) is 10.4 Å². The van der Waals surface area contributed by atoms with Gasteiger partial charge in [0.1, 0.15) is 0 Å². The summed E-state index contributed by atoms with van der Waals surface area (Å²) in [5, 5.41) is 16.4. The third kappa shape index (κ3) is 5.25. The number of hydrogen-bond acceptors (Lipinski definition) is 3. The normalized spacial score (nSPS) is 10.6. The summed E-state index contributed by atoms with van der Waals surface area (Å²) >= 11 is 12.0. The lowest BCUT2D eigenvalue weighted by Crippen LogP contribution is -2.24. The first-order valence-corrected chi connectivity index (χ1v) is 8.23. The SMILES string of the molecule is O=C(O)CCCCCNC(=O)c1cnn(-c2ccc(Cl)cc2Cl)c1. The summed E-state index contributed by atoms with van der Waals surface area (Å²) in [5.74, 6) is -1.03. The van der Waals surface area contributed by atoms with Gasteiger partial charge in [-0.3, -0.25) is 9.59 Å². The molecule has 2 aromatic rings. The first-order valence-electron chi connectivity index (χ1n) is 7.47. The van der Waals surface area contributed by atoms with Gasteiger partial charge in [0.2, 0.25) is 0 Å². The molecule has 6 nitrogen and oxygen atoms in total. The van der Waals surface area contributed by atoms with Crippen molar-refractivity contribution in [3.8, 4) is 5.69 Å². The van der Waals surface area contributed by atoms with Crippen LogP contribution in [0.15, 0.2) is 30.6 Å². The van der Waals surface area contributed by atoms with Crippen LogP contribution in [0.4, 0.5) is 0 Å². The van der Waals surface area contributed by atoms with Crippen LogP contribution in [0.2, 0.25) is 10.0 Å². The quantitative estimate of drug-likeness (QED) is 0.696. The number of rotatable bonds is 8. The van der Waals surface area contributed by atoms with Gasteiger partial charge in [0.25, 0.3) is 5.91 Å². The second-order valence-electron chi connectivity index (χ2n) is 5.23. The third-order valence-electron chi connectivity index (χ3n) is 3.35. The Balaban J connectivity index is 1.86. The van der Waals surface area contributed by atoms with E-state index in [0.717, 1.165) is 12.8 Å². The number of amides is 1. The van der Waals surface area contributed by atoms with Crippen molar-refractivity contribution in [2.24, 2.45) is 0 Å². The number of unbranched alkanes of at least 4 members (excludes halogenated alkanes) is 2. The largest absolute Gasteiger partial charge is 0.481 e. The molecule has 1 aromatic carbocycles. The number of carbonyl (C=O) groups excluding carboxylic acids is 1. The molecule has 8 heteroatoms. The molecule has 1 aromatic heterocycles. The Labute approximate surface area is 149 Å². The van der Waals surface area contributed by atoms with Gasteiger partial charge < -0.3 is 10.4 Å². The predicted octanol–water partition coefficient (Wildman–Crippen LogP) is 3.55. The highest BCUT2D eigenvalue weighted by molar-refractivity contribution is 6.35. The van der Waals surface area contributed by atoms with Crippen LogP contribution in [0.5, 0.6) is 0 Å². The number of nitrogens with one attached hydrogen (secondary N) is 1. The summed E-state index contributed by atoms with van der Waals surface area (Å²) in [7, 11) is 0. The van der Waals surface area contributed by atoms with Crippen molar-refractivity contribution in [2.75, 3.05) is 6.54 Å². The molecule has 0 fully saturated rings. The molecule has 24 heavy (non-hydrogen) atoms. The van der Waals surface area contributed by atoms with Gasteiger partial charge in [-0.05, 0) is 31.0 Å². The van der Waals surface area contributed by atoms with Crippen LogP contribution in [0.3, 0.4) is 0 Å². The van der Waals surface area contributed by atoms with Gasteiger partial charge in [-0.2, -0.15) is 5.10 Å². The fraction of sp³-hybridized carbons (Fsp3) is 0.312. The summed E-state index contributed by atoms with van der Waals surface area (Å²) in [6.45, 7) is 0.491. The molecule has 2 N–H and O–H groups in total. The van der Waals surface area contributed by atoms with Crippen molar-refractivity contribution in [1.82, 2.24) is 15.1 Å². The van der Waals surface area contributed by atoms with Crippen molar-refractivity contribution < 1.29 is 14.7 Å². The van der Waals surface area contributed by atoms with Gasteiger partial charge in [0.15, 0.2) is 0 Å². The van der Waals surface area contributed by atoms with E-state index in [1.807, 2.05) is 0 Å². The number of aliphatic carboxylic acids is 1. The fourth-order valence-corrected chi connectivity index (χ4v) is 2.62. The van der Waals surface area contributed by atoms with Crippen LogP contribution in [0, 0.1) is 0 Å². The molecule has 0 atom stereocenters. The van der Waals surface area contributed by atoms with Gasteiger partial charge in [0, 0.05) is 24.2 Å². The van der Waals surface area contributed by atoms with Gasteiger partial charge >= 0.3 is 5.97 Å². The standard InChI is InChI=1S/C16H17Cl2N3O3/c17-12-5-6-14(13(18)8-12)21-10-11(9-20-21)16(24)19-7-3-1-2-4-15(22)23/h5-6,8-10H,1-4,7H2,(H,19,24)(H,22,23). The van der Waals surface area contributed by atoms with Crippen molar-refractivity contribution in [3.05, 3.63) is 46.2 Å². The molecule has 1 amide bonds. The lowest BCUT2D eigenvalue weighted by molar-refractivity contribution is -0.137. The number of carboxylic acid groups (broad SMARTS) is 1. The second-order valence-corrected chi connectivity index (χ2v) is 6.07. The molecule has 0 saturated carbocycles. The van der Waals surface area contributed by atoms with Crippen LogP contribution >= 0.6 is 23.2 Å². The smallest absolute Gasteiger partial charge is 0.303 e. The number of halogens is 2. The zero-order valence-corrected chi connectivity index (χ0v) is 14.3. The number of benzene rings is 1.